The largest absolute Gasteiger partial charge is 0.423 e. The molecule has 0 bridgehead atoms. The van der Waals surface area contributed by atoms with Gasteiger partial charge in [0.25, 0.3) is 5.91 Å². The van der Waals surface area contributed by atoms with Gasteiger partial charge >= 0.3 is 11.7 Å². The SMILES string of the molecule is Cc1ccc2c(CN3C(=O)NC(C)(c4ccc(Cl)cc4Cl)C3=O)cc(=O)oc2c1. The maximum Gasteiger partial charge on any atom is 0.336 e. The summed E-state index contributed by atoms with van der Waals surface area (Å²) >= 11 is 12.2. The lowest BCUT2D eigenvalue weighted by Gasteiger charge is -2.23. The summed E-state index contributed by atoms with van der Waals surface area (Å²) in [4.78, 5) is 38.9. The van der Waals surface area contributed by atoms with E-state index in [0.717, 1.165) is 10.5 Å². The first kappa shape index (κ1) is 19.5. The zero-order chi connectivity index (χ0) is 20.9. The summed E-state index contributed by atoms with van der Waals surface area (Å²) in [7, 11) is 0. The first-order chi connectivity index (χ1) is 13.7. The predicted molar refractivity (Wildman–Crippen MR) is 110 cm³/mol. The van der Waals surface area contributed by atoms with E-state index in [1.807, 2.05) is 13.0 Å². The number of rotatable bonds is 3. The number of urea groups is 1. The molecule has 1 aromatic heterocycles. The highest BCUT2D eigenvalue weighted by Crippen LogP contribution is 2.35. The highest BCUT2D eigenvalue weighted by Gasteiger charge is 2.50. The van der Waals surface area contributed by atoms with Crippen LogP contribution in [0.1, 0.15) is 23.6 Å². The number of benzene rings is 2. The van der Waals surface area contributed by atoms with Crippen LogP contribution in [0.5, 0.6) is 0 Å². The molecule has 148 valence electrons. The van der Waals surface area contributed by atoms with Gasteiger partial charge in [-0.15, -0.1) is 0 Å². The summed E-state index contributed by atoms with van der Waals surface area (Å²) in [6.45, 7) is 3.39. The highest BCUT2D eigenvalue weighted by molar-refractivity contribution is 6.35. The van der Waals surface area contributed by atoms with E-state index < -0.39 is 23.1 Å². The first-order valence-electron chi connectivity index (χ1n) is 8.82. The summed E-state index contributed by atoms with van der Waals surface area (Å²) in [6.07, 6.45) is 0. The van der Waals surface area contributed by atoms with E-state index in [9.17, 15) is 14.4 Å². The van der Waals surface area contributed by atoms with Crippen LogP contribution in [0.25, 0.3) is 11.0 Å². The van der Waals surface area contributed by atoms with Crippen molar-refractivity contribution in [2.45, 2.75) is 25.9 Å². The standard InChI is InChI=1S/C21H16Cl2N2O4/c1-11-3-5-14-12(8-18(26)29-17(14)7-11)10-25-19(27)21(2,24-20(25)28)15-6-4-13(22)9-16(15)23/h3-9H,10H2,1-2H3,(H,24,28). The predicted octanol–water partition coefficient (Wildman–Crippen LogP) is 4.38. The number of halogens is 2. The zero-order valence-corrected chi connectivity index (χ0v) is 17.1. The minimum atomic E-state index is -1.34. The number of nitrogens with zero attached hydrogens (tertiary/aromatic N) is 1. The summed E-state index contributed by atoms with van der Waals surface area (Å²) in [5.74, 6) is -0.472. The van der Waals surface area contributed by atoms with Crippen LogP contribution in [0.15, 0.2) is 51.7 Å². The fourth-order valence-electron chi connectivity index (χ4n) is 3.56. The zero-order valence-electron chi connectivity index (χ0n) is 15.6. The number of nitrogens with one attached hydrogen (secondary N) is 1. The molecule has 3 amide bonds. The van der Waals surface area contributed by atoms with Gasteiger partial charge in [0.15, 0.2) is 0 Å². The van der Waals surface area contributed by atoms with Gasteiger partial charge in [-0.2, -0.15) is 0 Å². The third-order valence-electron chi connectivity index (χ3n) is 5.06. The highest BCUT2D eigenvalue weighted by atomic mass is 35.5. The van der Waals surface area contributed by atoms with Gasteiger partial charge in [0.2, 0.25) is 0 Å². The molecule has 2 heterocycles. The number of carbonyl (C=O) groups is 2. The lowest BCUT2D eigenvalue weighted by molar-refractivity contribution is -0.131. The summed E-state index contributed by atoms with van der Waals surface area (Å²) in [6, 6.07) is 10.9. The number of hydrogen-bond acceptors (Lipinski definition) is 4. The maximum absolute atomic E-state index is 13.2. The Balaban J connectivity index is 1.74. The van der Waals surface area contributed by atoms with Crippen molar-refractivity contribution in [2.75, 3.05) is 0 Å². The molecule has 0 aliphatic carbocycles. The second kappa shape index (κ2) is 6.90. The molecule has 1 fully saturated rings. The van der Waals surface area contributed by atoms with Crippen molar-refractivity contribution in [1.29, 1.82) is 0 Å². The Morgan fingerprint density at radius 3 is 2.55 bits per heavy atom. The monoisotopic (exact) mass is 430 g/mol. The molecule has 3 aromatic rings. The Labute approximate surface area is 176 Å². The molecule has 1 saturated heterocycles. The molecule has 0 saturated carbocycles. The molecule has 8 heteroatoms. The van der Waals surface area contributed by atoms with Crippen molar-refractivity contribution < 1.29 is 14.0 Å². The molecule has 1 aliphatic rings. The van der Waals surface area contributed by atoms with Crippen molar-refractivity contribution >= 4 is 46.1 Å². The average Bonchev–Trinajstić information content (AvgIpc) is 2.84. The lowest BCUT2D eigenvalue weighted by Crippen LogP contribution is -2.41. The lowest BCUT2D eigenvalue weighted by atomic mass is 9.92. The van der Waals surface area contributed by atoms with E-state index in [1.54, 1.807) is 31.2 Å². The van der Waals surface area contributed by atoms with Crippen LogP contribution in [-0.4, -0.2) is 16.8 Å². The van der Waals surface area contributed by atoms with Crippen LogP contribution >= 0.6 is 23.2 Å². The molecule has 2 aromatic carbocycles. The topological polar surface area (TPSA) is 79.6 Å². The number of fused-ring (bicyclic) bond motifs is 1. The van der Waals surface area contributed by atoms with Gasteiger partial charge in [0.1, 0.15) is 11.1 Å². The molecule has 4 rings (SSSR count). The van der Waals surface area contributed by atoms with Gasteiger partial charge in [-0.1, -0.05) is 41.4 Å². The van der Waals surface area contributed by atoms with Crippen LogP contribution in [0.4, 0.5) is 4.79 Å². The Bertz CT molecular complexity index is 1240. The van der Waals surface area contributed by atoms with Crippen LogP contribution in [-0.2, 0) is 16.9 Å². The minimum Gasteiger partial charge on any atom is -0.423 e. The van der Waals surface area contributed by atoms with E-state index in [1.165, 1.54) is 12.1 Å². The molecule has 29 heavy (non-hydrogen) atoms. The Morgan fingerprint density at radius 2 is 1.83 bits per heavy atom. The molecular weight excluding hydrogens is 415 g/mol. The van der Waals surface area contributed by atoms with Crippen LogP contribution in [0, 0.1) is 6.92 Å². The van der Waals surface area contributed by atoms with Gasteiger partial charge < -0.3 is 9.73 Å². The molecule has 0 radical (unpaired) electrons. The summed E-state index contributed by atoms with van der Waals surface area (Å²) < 4.78 is 5.25. The second-order valence-electron chi connectivity index (χ2n) is 7.16. The van der Waals surface area contributed by atoms with Crippen molar-refractivity contribution in [2.24, 2.45) is 0 Å². The van der Waals surface area contributed by atoms with Crippen LogP contribution in [0.2, 0.25) is 10.0 Å². The fraction of sp³-hybridized carbons (Fsp3) is 0.190. The van der Waals surface area contributed by atoms with Crippen molar-refractivity contribution in [1.82, 2.24) is 10.2 Å². The molecule has 1 N–H and O–H groups in total. The van der Waals surface area contributed by atoms with E-state index in [-0.39, 0.29) is 11.6 Å². The first-order valence-corrected chi connectivity index (χ1v) is 9.57. The average molecular weight is 431 g/mol. The van der Waals surface area contributed by atoms with E-state index >= 15 is 0 Å². The third kappa shape index (κ3) is 3.28. The van der Waals surface area contributed by atoms with Crippen molar-refractivity contribution in [3.05, 3.63) is 79.6 Å². The molecule has 1 unspecified atom stereocenters. The Hall–Kier alpha value is -2.83. The summed E-state index contributed by atoms with van der Waals surface area (Å²) in [5, 5.41) is 4.07. The minimum absolute atomic E-state index is 0.0728. The third-order valence-corrected chi connectivity index (χ3v) is 5.61. The van der Waals surface area contributed by atoms with Gasteiger partial charge in [-0.05, 0) is 43.2 Å². The quantitative estimate of drug-likeness (QED) is 0.493. The Kier molecular flexibility index (Phi) is 4.63. The van der Waals surface area contributed by atoms with Crippen LogP contribution in [0.3, 0.4) is 0 Å². The molecule has 6 nitrogen and oxygen atoms in total. The van der Waals surface area contributed by atoms with E-state index in [2.05, 4.69) is 5.32 Å². The van der Waals surface area contributed by atoms with Crippen LogP contribution < -0.4 is 10.9 Å². The normalized spacial score (nSPS) is 19.1. The number of imide groups is 1. The van der Waals surface area contributed by atoms with E-state index in [0.29, 0.717) is 27.1 Å². The van der Waals surface area contributed by atoms with Crippen molar-refractivity contribution in [3.8, 4) is 0 Å². The van der Waals surface area contributed by atoms with Gasteiger partial charge in [-0.3, -0.25) is 9.69 Å². The van der Waals surface area contributed by atoms with Crippen molar-refractivity contribution in [3.63, 3.8) is 0 Å². The smallest absolute Gasteiger partial charge is 0.336 e. The van der Waals surface area contributed by atoms with Gasteiger partial charge in [0.05, 0.1) is 6.54 Å². The second-order valence-corrected chi connectivity index (χ2v) is 8.00. The number of aryl methyl sites for hydroxylation is 1. The molecule has 1 aliphatic heterocycles. The molecular formula is C21H16Cl2N2O4. The summed E-state index contributed by atoms with van der Waals surface area (Å²) in [5.41, 5.74) is 0.406. The Morgan fingerprint density at radius 1 is 1.07 bits per heavy atom. The van der Waals surface area contributed by atoms with Gasteiger partial charge in [0, 0.05) is 27.1 Å². The number of hydrogen-bond donors (Lipinski definition) is 1. The maximum atomic E-state index is 13.2. The fourth-order valence-corrected chi connectivity index (χ4v) is 4.15. The molecule has 0 spiro atoms. The van der Waals surface area contributed by atoms with E-state index in [4.69, 9.17) is 27.6 Å². The van der Waals surface area contributed by atoms with Gasteiger partial charge in [-0.25, -0.2) is 9.59 Å². The number of carbonyl (C=O) groups excluding carboxylic acids is 2. The number of amides is 3. The molecule has 1 atom stereocenters.